The Balaban J connectivity index is 2.24. The van der Waals surface area contributed by atoms with Crippen molar-refractivity contribution in [3.63, 3.8) is 0 Å². The van der Waals surface area contributed by atoms with Gasteiger partial charge in [0.2, 0.25) is 0 Å². The summed E-state index contributed by atoms with van der Waals surface area (Å²) in [5.74, 6) is -0.887. The van der Waals surface area contributed by atoms with Crippen molar-refractivity contribution in [2.45, 2.75) is 38.8 Å². The number of ether oxygens (including phenoxy) is 1. The van der Waals surface area contributed by atoms with Gasteiger partial charge in [-0.3, -0.25) is 0 Å². The molecule has 0 heterocycles. The molecule has 0 aliphatic heterocycles. The van der Waals surface area contributed by atoms with Crippen LogP contribution in [0.5, 0.6) is 5.75 Å². The summed E-state index contributed by atoms with van der Waals surface area (Å²) in [7, 11) is 0. The van der Waals surface area contributed by atoms with Gasteiger partial charge in [0, 0.05) is 17.7 Å². The molecule has 0 radical (unpaired) electrons. The Kier molecular flexibility index (Phi) is 3.52. The molecule has 0 amide bonds. The van der Waals surface area contributed by atoms with E-state index in [0.29, 0.717) is 11.6 Å². The minimum Gasteiger partial charge on any atom is -0.432 e. The zero-order valence-corrected chi connectivity index (χ0v) is 10.8. The van der Waals surface area contributed by atoms with E-state index in [1.54, 1.807) is 0 Å². The first-order valence-electron chi connectivity index (χ1n) is 6.11. The van der Waals surface area contributed by atoms with E-state index in [2.05, 4.69) is 10.1 Å². The van der Waals surface area contributed by atoms with E-state index < -0.39 is 18.2 Å². The van der Waals surface area contributed by atoms with Crippen molar-refractivity contribution in [2.75, 3.05) is 11.1 Å². The van der Waals surface area contributed by atoms with Crippen LogP contribution in [0.15, 0.2) is 12.1 Å². The highest BCUT2D eigenvalue weighted by Crippen LogP contribution is 2.42. The van der Waals surface area contributed by atoms with Crippen molar-refractivity contribution < 1.29 is 17.9 Å². The number of benzene rings is 1. The third-order valence-corrected chi connectivity index (χ3v) is 3.37. The molecular weight excluding hydrogens is 257 g/mol. The maximum absolute atomic E-state index is 13.4. The average molecular weight is 274 g/mol. The molecule has 1 fully saturated rings. The highest BCUT2D eigenvalue weighted by molar-refractivity contribution is 5.69. The fourth-order valence-electron chi connectivity index (χ4n) is 2.12. The number of nitrogens with two attached hydrogens (primary N) is 1. The molecule has 0 atom stereocenters. The second kappa shape index (κ2) is 4.83. The number of rotatable bonds is 5. The Morgan fingerprint density at radius 3 is 2.53 bits per heavy atom. The van der Waals surface area contributed by atoms with Gasteiger partial charge >= 0.3 is 6.61 Å². The standard InChI is InChI=1S/C13H17F3N2O/c1-13(2,7-3-4-7)18-10-6-11(19-12(15)16)8(14)5-9(10)17/h5-7,12,18H,3-4,17H2,1-2H3. The third kappa shape index (κ3) is 3.24. The van der Waals surface area contributed by atoms with Gasteiger partial charge in [0.15, 0.2) is 11.6 Å². The number of nitrogens with one attached hydrogen (secondary N) is 1. The van der Waals surface area contributed by atoms with Crippen LogP contribution in [0.1, 0.15) is 26.7 Å². The predicted octanol–water partition coefficient (Wildman–Crippen LogP) is 3.61. The number of nitrogen functional groups attached to an aromatic ring is 1. The zero-order valence-electron chi connectivity index (χ0n) is 10.8. The molecule has 1 aromatic carbocycles. The van der Waals surface area contributed by atoms with E-state index >= 15 is 0 Å². The van der Waals surface area contributed by atoms with Crippen LogP contribution in [0.3, 0.4) is 0 Å². The minimum atomic E-state index is -3.07. The number of hydrogen-bond acceptors (Lipinski definition) is 3. The number of anilines is 2. The second-order valence-electron chi connectivity index (χ2n) is 5.37. The lowest BCUT2D eigenvalue weighted by Gasteiger charge is -2.28. The quantitative estimate of drug-likeness (QED) is 0.806. The summed E-state index contributed by atoms with van der Waals surface area (Å²) in [5, 5.41) is 3.17. The van der Waals surface area contributed by atoms with Gasteiger partial charge in [0.05, 0.1) is 11.4 Å². The van der Waals surface area contributed by atoms with Crippen molar-refractivity contribution in [3.8, 4) is 5.75 Å². The zero-order chi connectivity index (χ0) is 14.2. The summed E-state index contributed by atoms with van der Waals surface area (Å²) in [4.78, 5) is 0. The molecule has 2 rings (SSSR count). The van der Waals surface area contributed by atoms with Gasteiger partial charge in [0.25, 0.3) is 0 Å². The molecule has 0 saturated heterocycles. The van der Waals surface area contributed by atoms with Gasteiger partial charge in [-0.25, -0.2) is 4.39 Å². The largest absolute Gasteiger partial charge is 0.432 e. The molecule has 3 N–H and O–H groups in total. The highest BCUT2D eigenvalue weighted by Gasteiger charge is 2.38. The van der Waals surface area contributed by atoms with Crippen LogP contribution in [0.4, 0.5) is 24.5 Å². The summed E-state index contributed by atoms with van der Waals surface area (Å²) >= 11 is 0. The molecule has 0 spiro atoms. The van der Waals surface area contributed by atoms with Crippen LogP contribution in [0, 0.1) is 11.7 Å². The van der Waals surface area contributed by atoms with Crippen LogP contribution in [0.25, 0.3) is 0 Å². The van der Waals surface area contributed by atoms with Crippen LogP contribution in [-0.2, 0) is 0 Å². The number of alkyl halides is 2. The van der Waals surface area contributed by atoms with Crippen LogP contribution in [0.2, 0.25) is 0 Å². The van der Waals surface area contributed by atoms with E-state index in [1.807, 2.05) is 13.8 Å². The second-order valence-corrected chi connectivity index (χ2v) is 5.37. The Labute approximate surface area is 109 Å². The van der Waals surface area contributed by atoms with Crippen LogP contribution < -0.4 is 15.8 Å². The topological polar surface area (TPSA) is 47.3 Å². The average Bonchev–Trinajstić information content (AvgIpc) is 3.07. The lowest BCUT2D eigenvalue weighted by molar-refractivity contribution is -0.0521. The first-order valence-corrected chi connectivity index (χ1v) is 6.11. The maximum Gasteiger partial charge on any atom is 0.387 e. The molecule has 1 aliphatic rings. The molecule has 1 aromatic rings. The SMILES string of the molecule is CC(C)(Nc1cc(OC(F)F)c(F)cc1N)C1CC1. The molecule has 106 valence electrons. The molecule has 6 heteroatoms. The first-order chi connectivity index (χ1) is 8.79. The highest BCUT2D eigenvalue weighted by atomic mass is 19.3. The van der Waals surface area contributed by atoms with Gasteiger partial charge in [-0.2, -0.15) is 8.78 Å². The summed E-state index contributed by atoms with van der Waals surface area (Å²) in [6.45, 7) is 0.935. The number of hydrogen-bond donors (Lipinski definition) is 2. The van der Waals surface area contributed by atoms with Crippen molar-refractivity contribution in [1.29, 1.82) is 0 Å². The Bertz CT molecular complexity index is 473. The van der Waals surface area contributed by atoms with Crippen molar-refractivity contribution in [3.05, 3.63) is 17.9 Å². The fraction of sp³-hybridized carbons (Fsp3) is 0.538. The molecular formula is C13H17F3N2O. The lowest BCUT2D eigenvalue weighted by atomic mass is 9.98. The summed E-state index contributed by atoms with van der Waals surface area (Å²) in [6, 6.07) is 2.17. The van der Waals surface area contributed by atoms with E-state index in [9.17, 15) is 13.2 Å². The summed E-state index contributed by atoms with van der Waals surface area (Å²) in [5.41, 5.74) is 6.07. The molecule has 3 nitrogen and oxygen atoms in total. The van der Waals surface area contributed by atoms with Crippen LogP contribution in [-0.4, -0.2) is 12.2 Å². The van der Waals surface area contributed by atoms with E-state index in [-0.39, 0.29) is 11.2 Å². The van der Waals surface area contributed by atoms with Gasteiger partial charge in [-0.1, -0.05) is 0 Å². The first kappa shape index (κ1) is 13.8. The summed E-state index contributed by atoms with van der Waals surface area (Å²) < 4.78 is 41.9. The molecule has 0 aromatic heterocycles. The predicted molar refractivity (Wildman–Crippen MR) is 67.9 cm³/mol. The van der Waals surface area contributed by atoms with E-state index in [4.69, 9.17) is 5.73 Å². The third-order valence-electron chi connectivity index (χ3n) is 3.37. The van der Waals surface area contributed by atoms with Gasteiger partial charge in [-0.15, -0.1) is 0 Å². The number of halogens is 3. The molecule has 0 unspecified atom stereocenters. The Hall–Kier alpha value is -1.59. The van der Waals surface area contributed by atoms with E-state index in [0.717, 1.165) is 18.9 Å². The van der Waals surface area contributed by atoms with Gasteiger partial charge in [0.1, 0.15) is 0 Å². The normalized spacial score (nSPS) is 15.7. The molecule has 1 saturated carbocycles. The van der Waals surface area contributed by atoms with Gasteiger partial charge in [-0.05, 0) is 32.6 Å². The van der Waals surface area contributed by atoms with Crippen molar-refractivity contribution >= 4 is 11.4 Å². The van der Waals surface area contributed by atoms with Crippen molar-refractivity contribution in [2.24, 2.45) is 5.92 Å². The Morgan fingerprint density at radius 1 is 1.37 bits per heavy atom. The lowest BCUT2D eigenvalue weighted by Crippen LogP contribution is -2.33. The van der Waals surface area contributed by atoms with Crippen molar-refractivity contribution in [1.82, 2.24) is 0 Å². The maximum atomic E-state index is 13.4. The van der Waals surface area contributed by atoms with Crippen LogP contribution >= 0.6 is 0 Å². The minimum absolute atomic E-state index is 0.174. The van der Waals surface area contributed by atoms with E-state index in [1.165, 1.54) is 6.07 Å². The molecule has 19 heavy (non-hydrogen) atoms. The monoisotopic (exact) mass is 274 g/mol. The molecule has 1 aliphatic carbocycles. The fourth-order valence-corrected chi connectivity index (χ4v) is 2.12. The summed E-state index contributed by atoms with van der Waals surface area (Å²) in [6.07, 6.45) is 2.23. The Morgan fingerprint density at radius 2 is 2.00 bits per heavy atom. The molecule has 0 bridgehead atoms. The smallest absolute Gasteiger partial charge is 0.387 e. The van der Waals surface area contributed by atoms with Gasteiger partial charge < -0.3 is 15.8 Å².